The standard InChI is InChI=1S/C32H22O8S/c33-15-9-11-21(23(35)13-15)25-17-5-1-3-7-19(17)31(29(39)27(25)37)41-32-20-8-4-2-6-18(20)26(28(38)30(32)40)22-12-10-16(34)14-24(22)36/h1-14,33-40H. The maximum absolute atomic E-state index is 11.3. The van der Waals surface area contributed by atoms with Crippen LogP contribution < -0.4 is 0 Å². The van der Waals surface area contributed by atoms with E-state index in [4.69, 9.17) is 0 Å². The maximum Gasteiger partial charge on any atom is 0.173 e. The summed E-state index contributed by atoms with van der Waals surface area (Å²) in [5.41, 5.74) is 0.671. The van der Waals surface area contributed by atoms with Gasteiger partial charge in [0.15, 0.2) is 23.0 Å². The van der Waals surface area contributed by atoms with Gasteiger partial charge in [-0.2, -0.15) is 0 Å². The maximum atomic E-state index is 11.3. The molecule has 0 saturated heterocycles. The zero-order valence-electron chi connectivity index (χ0n) is 21.1. The van der Waals surface area contributed by atoms with Gasteiger partial charge in [0.2, 0.25) is 0 Å². The van der Waals surface area contributed by atoms with Crippen molar-refractivity contribution in [3.8, 4) is 68.2 Å². The van der Waals surface area contributed by atoms with Crippen LogP contribution in [0.2, 0.25) is 0 Å². The van der Waals surface area contributed by atoms with Crippen molar-refractivity contribution in [2.45, 2.75) is 9.79 Å². The highest BCUT2D eigenvalue weighted by molar-refractivity contribution is 8.00. The Morgan fingerprint density at radius 1 is 0.390 bits per heavy atom. The van der Waals surface area contributed by atoms with E-state index in [9.17, 15) is 40.9 Å². The summed E-state index contributed by atoms with van der Waals surface area (Å²) in [4.78, 5) is 0.361. The minimum absolute atomic E-state index is 0.148. The molecule has 8 nitrogen and oxygen atoms in total. The molecule has 0 aromatic heterocycles. The molecule has 41 heavy (non-hydrogen) atoms. The van der Waals surface area contributed by atoms with Crippen LogP contribution in [0.1, 0.15) is 0 Å². The minimum atomic E-state index is -0.522. The fourth-order valence-corrected chi connectivity index (χ4v) is 6.24. The van der Waals surface area contributed by atoms with Gasteiger partial charge in [0, 0.05) is 45.2 Å². The van der Waals surface area contributed by atoms with Crippen LogP contribution in [0.5, 0.6) is 46.0 Å². The van der Waals surface area contributed by atoms with Gasteiger partial charge in [-0.05, 0) is 35.0 Å². The smallest absolute Gasteiger partial charge is 0.173 e. The van der Waals surface area contributed by atoms with E-state index in [1.807, 2.05) is 0 Å². The monoisotopic (exact) mass is 566 g/mol. The number of rotatable bonds is 4. The van der Waals surface area contributed by atoms with Crippen molar-refractivity contribution >= 4 is 33.3 Å². The first-order valence-corrected chi connectivity index (χ1v) is 13.1. The summed E-state index contributed by atoms with van der Waals surface area (Å²) in [6.45, 7) is 0. The average Bonchev–Trinajstić information content (AvgIpc) is 2.95. The van der Waals surface area contributed by atoms with Crippen molar-refractivity contribution in [2.75, 3.05) is 0 Å². The van der Waals surface area contributed by atoms with Gasteiger partial charge in [-0.15, -0.1) is 0 Å². The fourth-order valence-electron chi connectivity index (χ4n) is 5.08. The number of phenolic OH excluding ortho intramolecular Hbond substituents is 8. The number of phenols is 8. The topological polar surface area (TPSA) is 162 Å². The molecular weight excluding hydrogens is 544 g/mol. The Hall–Kier alpha value is -5.41. The van der Waals surface area contributed by atoms with E-state index >= 15 is 0 Å². The predicted octanol–water partition coefficient (Wildman–Crippen LogP) is 7.12. The van der Waals surface area contributed by atoms with E-state index in [0.29, 0.717) is 21.5 Å². The number of aromatic hydroxyl groups is 8. The Balaban J connectivity index is 1.61. The van der Waals surface area contributed by atoms with Crippen molar-refractivity contribution < 1.29 is 40.9 Å². The molecule has 0 aliphatic carbocycles. The highest BCUT2D eigenvalue weighted by atomic mass is 32.2. The minimum Gasteiger partial charge on any atom is -0.508 e. The van der Waals surface area contributed by atoms with E-state index in [0.717, 1.165) is 23.9 Å². The Kier molecular flexibility index (Phi) is 6.08. The molecule has 6 aromatic rings. The molecule has 0 unspecified atom stereocenters. The van der Waals surface area contributed by atoms with Crippen LogP contribution >= 0.6 is 11.8 Å². The van der Waals surface area contributed by atoms with Crippen molar-refractivity contribution in [2.24, 2.45) is 0 Å². The molecule has 0 bridgehead atoms. The van der Waals surface area contributed by atoms with Crippen LogP contribution in [0.4, 0.5) is 0 Å². The Morgan fingerprint density at radius 3 is 1.12 bits per heavy atom. The van der Waals surface area contributed by atoms with E-state index < -0.39 is 23.0 Å². The zero-order valence-corrected chi connectivity index (χ0v) is 21.9. The van der Waals surface area contributed by atoms with Crippen molar-refractivity contribution in [1.82, 2.24) is 0 Å². The molecule has 0 fully saturated rings. The Morgan fingerprint density at radius 2 is 0.756 bits per heavy atom. The predicted molar refractivity (Wildman–Crippen MR) is 156 cm³/mol. The second kappa shape index (κ2) is 9.65. The second-order valence-electron chi connectivity index (χ2n) is 9.40. The van der Waals surface area contributed by atoms with Crippen LogP contribution in [-0.2, 0) is 0 Å². The first kappa shape index (κ1) is 25.8. The lowest BCUT2D eigenvalue weighted by Crippen LogP contribution is -1.91. The van der Waals surface area contributed by atoms with E-state index in [-0.39, 0.29) is 55.0 Å². The largest absolute Gasteiger partial charge is 0.508 e. The summed E-state index contributed by atoms with van der Waals surface area (Å²) >= 11 is 0.924. The van der Waals surface area contributed by atoms with E-state index in [1.165, 1.54) is 24.3 Å². The molecule has 0 spiro atoms. The number of benzene rings is 6. The van der Waals surface area contributed by atoms with E-state index in [1.54, 1.807) is 48.5 Å². The molecular formula is C32H22O8S. The first-order valence-electron chi connectivity index (χ1n) is 12.3. The van der Waals surface area contributed by atoms with Crippen molar-refractivity contribution in [1.29, 1.82) is 0 Å². The summed E-state index contributed by atoms with van der Waals surface area (Å²) in [5, 5.41) is 87.3. The molecule has 0 atom stereocenters. The van der Waals surface area contributed by atoms with Crippen LogP contribution in [0.15, 0.2) is 94.7 Å². The lowest BCUT2D eigenvalue weighted by molar-refractivity contribution is 0.395. The molecule has 9 heteroatoms. The van der Waals surface area contributed by atoms with Gasteiger partial charge >= 0.3 is 0 Å². The molecule has 0 aliphatic rings. The Labute approximate surface area is 236 Å². The van der Waals surface area contributed by atoms with Crippen molar-refractivity contribution in [3.63, 3.8) is 0 Å². The second-order valence-corrected chi connectivity index (χ2v) is 10.4. The molecule has 204 valence electrons. The first-order chi connectivity index (χ1) is 19.7. The third kappa shape index (κ3) is 4.11. The summed E-state index contributed by atoms with van der Waals surface area (Å²) in [6.07, 6.45) is 0. The molecule has 0 saturated carbocycles. The molecule has 6 aromatic carbocycles. The molecule has 8 N–H and O–H groups in total. The van der Waals surface area contributed by atoms with Gasteiger partial charge in [-0.1, -0.05) is 60.3 Å². The van der Waals surface area contributed by atoms with Gasteiger partial charge < -0.3 is 40.9 Å². The van der Waals surface area contributed by atoms with Gasteiger partial charge in [0.1, 0.15) is 23.0 Å². The van der Waals surface area contributed by atoms with Crippen LogP contribution in [0.25, 0.3) is 43.8 Å². The van der Waals surface area contributed by atoms with Gasteiger partial charge in [-0.25, -0.2) is 0 Å². The third-order valence-corrected chi connectivity index (χ3v) is 8.17. The molecule has 0 heterocycles. The number of hydrogen-bond acceptors (Lipinski definition) is 9. The van der Waals surface area contributed by atoms with Gasteiger partial charge in [-0.3, -0.25) is 0 Å². The molecule has 0 aliphatic heterocycles. The quantitative estimate of drug-likeness (QED) is 0.104. The summed E-state index contributed by atoms with van der Waals surface area (Å²) in [7, 11) is 0. The fraction of sp³-hybridized carbons (Fsp3) is 0. The SMILES string of the molecule is Oc1ccc(-c2c(O)c(O)c(Sc3c(O)c(O)c(-c4ccc(O)cc4O)c4ccccc34)c3ccccc23)c(O)c1. The summed E-state index contributed by atoms with van der Waals surface area (Å²) in [5.74, 6) is -3.01. The van der Waals surface area contributed by atoms with Crippen LogP contribution in [0.3, 0.4) is 0 Å². The normalized spacial score (nSPS) is 11.3. The molecule has 0 amide bonds. The lowest BCUT2D eigenvalue weighted by atomic mass is 9.95. The summed E-state index contributed by atoms with van der Waals surface area (Å²) < 4.78 is 0. The van der Waals surface area contributed by atoms with Gasteiger partial charge in [0.25, 0.3) is 0 Å². The van der Waals surface area contributed by atoms with E-state index in [2.05, 4.69) is 0 Å². The highest BCUT2D eigenvalue weighted by Gasteiger charge is 2.27. The van der Waals surface area contributed by atoms with Crippen LogP contribution in [-0.4, -0.2) is 40.9 Å². The molecule has 0 radical (unpaired) electrons. The lowest BCUT2D eigenvalue weighted by Gasteiger charge is -2.19. The van der Waals surface area contributed by atoms with Crippen molar-refractivity contribution in [3.05, 3.63) is 84.9 Å². The highest BCUT2D eigenvalue weighted by Crippen LogP contribution is 2.57. The Bertz CT molecular complexity index is 1870. The van der Waals surface area contributed by atoms with Crippen LogP contribution in [0, 0.1) is 0 Å². The number of fused-ring (bicyclic) bond motifs is 2. The summed E-state index contributed by atoms with van der Waals surface area (Å²) in [6, 6.07) is 21.5. The average molecular weight is 567 g/mol. The molecule has 6 rings (SSSR count). The van der Waals surface area contributed by atoms with Gasteiger partial charge in [0.05, 0.1) is 9.79 Å². The third-order valence-electron chi connectivity index (χ3n) is 6.94. The number of hydrogen-bond donors (Lipinski definition) is 8. The zero-order chi connectivity index (χ0) is 29.0.